The average Bonchev–Trinajstić information content (AvgIpc) is 2.68. The van der Waals surface area contributed by atoms with Crippen LogP contribution >= 0.6 is 0 Å². The molecular weight excluding hydrogens is 330 g/mol. The average molecular weight is 361 g/mol. The van der Waals surface area contributed by atoms with E-state index in [-0.39, 0.29) is 11.9 Å². The molecule has 0 unspecified atom stereocenters. The number of esters is 1. The molecule has 1 aliphatic rings. The van der Waals surface area contributed by atoms with Gasteiger partial charge in [-0.1, -0.05) is 24.3 Å². The number of likely N-dealkylation sites (tertiary alicyclic amines) is 1. The van der Waals surface area contributed by atoms with Gasteiger partial charge in [-0.15, -0.1) is 0 Å². The molecule has 0 atom stereocenters. The monoisotopic (exact) mass is 361 g/mol. The Bertz CT molecular complexity index is 578. The van der Waals surface area contributed by atoms with Crippen molar-refractivity contribution in [3.63, 3.8) is 0 Å². The maximum atomic E-state index is 11.9. The minimum absolute atomic E-state index is 0.0159. The summed E-state index contributed by atoms with van der Waals surface area (Å²) in [5, 5.41) is 3.42. The molecule has 1 aliphatic heterocycles. The van der Waals surface area contributed by atoms with Gasteiger partial charge in [0.05, 0.1) is 19.1 Å². The molecule has 0 amide bonds. The van der Waals surface area contributed by atoms with Crippen LogP contribution in [0, 0.1) is 5.92 Å². The molecule has 1 saturated heterocycles. The SMILES string of the molecule is CCOCc1ccc(CNC(=NC)N2CCC(C(=O)OCC)CC2)cc1. The van der Waals surface area contributed by atoms with Crippen LogP contribution in [-0.4, -0.2) is 50.2 Å². The van der Waals surface area contributed by atoms with Crippen LogP contribution in [0.1, 0.15) is 37.8 Å². The number of carbonyl (C=O) groups excluding carboxylic acids is 1. The first-order valence-electron chi connectivity index (χ1n) is 9.45. The van der Waals surface area contributed by atoms with Crippen molar-refractivity contribution in [1.82, 2.24) is 10.2 Å². The van der Waals surface area contributed by atoms with Gasteiger partial charge in [0.2, 0.25) is 0 Å². The molecule has 144 valence electrons. The summed E-state index contributed by atoms with van der Waals surface area (Å²) in [5.74, 6) is 0.829. The lowest BCUT2D eigenvalue weighted by molar-refractivity contribution is -0.149. The summed E-state index contributed by atoms with van der Waals surface area (Å²) >= 11 is 0. The lowest BCUT2D eigenvalue weighted by Gasteiger charge is -2.33. The molecule has 0 bridgehead atoms. The smallest absolute Gasteiger partial charge is 0.309 e. The van der Waals surface area contributed by atoms with Crippen molar-refractivity contribution in [1.29, 1.82) is 0 Å². The standard InChI is InChI=1S/C20H31N3O3/c1-4-25-15-17-8-6-16(7-9-17)14-22-20(21-3)23-12-10-18(11-13-23)19(24)26-5-2/h6-9,18H,4-5,10-15H2,1-3H3,(H,21,22). The number of nitrogens with zero attached hydrogens (tertiary/aromatic N) is 2. The summed E-state index contributed by atoms with van der Waals surface area (Å²) in [6.07, 6.45) is 1.62. The predicted molar refractivity (Wildman–Crippen MR) is 103 cm³/mol. The Labute approximate surface area is 156 Å². The summed E-state index contributed by atoms with van der Waals surface area (Å²) in [5.41, 5.74) is 2.38. The molecular formula is C20H31N3O3. The van der Waals surface area contributed by atoms with Crippen molar-refractivity contribution in [3.8, 4) is 0 Å². The van der Waals surface area contributed by atoms with Crippen LogP contribution in [0.5, 0.6) is 0 Å². The zero-order valence-corrected chi connectivity index (χ0v) is 16.2. The number of aliphatic imine (C=N–C) groups is 1. The number of hydrogen-bond donors (Lipinski definition) is 1. The highest BCUT2D eigenvalue weighted by Gasteiger charge is 2.27. The number of benzene rings is 1. The van der Waals surface area contributed by atoms with Crippen molar-refractivity contribution in [2.24, 2.45) is 10.9 Å². The normalized spacial score (nSPS) is 15.8. The van der Waals surface area contributed by atoms with E-state index in [0.29, 0.717) is 13.2 Å². The molecule has 0 aliphatic carbocycles. The van der Waals surface area contributed by atoms with Gasteiger partial charge >= 0.3 is 5.97 Å². The van der Waals surface area contributed by atoms with E-state index in [1.54, 1.807) is 7.05 Å². The van der Waals surface area contributed by atoms with E-state index in [9.17, 15) is 4.79 Å². The van der Waals surface area contributed by atoms with Gasteiger partial charge in [0, 0.05) is 33.3 Å². The summed E-state index contributed by atoms with van der Waals surface area (Å²) < 4.78 is 10.6. The predicted octanol–water partition coefficient (Wildman–Crippen LogP) is 2.57. The number of hydrogen-bond acceptors (Lipinski definition) is 4. The Hall–Kier alpha value is -2.08. The number of carbonyl (C=O) groups is 1. The molecule has 2 rings (SSSR count). The minimum atomic E-state index is -0.0674. The van der Waals surface area contributed by atoms with Crippen LogP contribution in [0.4, 0.5) is 0 Å². The number of ether oxygens (including phenoxy) is 2. The highest BCUT2D eigenvalue weighted by atomic mass is 16.5. The second kappa shape index (κ2) is 10.8. The molecule has 1 fully saturated rings. The number of nitrogens with one attached hydrogen (secondary N) is 1. The van der Waals surface area contributed by atoms with Crippen LogP contribution in [0.15, 0.2) is 29.3 Å². The Balaban J connectivity index is 1.80. The number of piperidine rings is 1. The lowest BCUT2D eigenvalue weighted by Crippen LogP contribution is -2.46. The largest absolute Gasteiger partial charge is 0.466 e. The van der Waals surface area contributed by atoms with E-state index in [2.05, 4.69) is 39.5 Å². The van der Waals surface area contributed by atoms with Crippen molar-refractivity contribution in [2.45, 2.75) is 39.8 Å². The second-order valence-corrected chi connectivity index (χ2v) is 6.37. The van der Waals surface area contributed by atoms with Gasteiger partial charge in [-0.05, 0) is 37.8 Å². The first-order chi connectivity index (χ1) is 12.7. The maximum absolute atomic E-state index is 11.9. The van der Waals surface area contributed by atoms with Crippen LogP contribution in [0.3, 0.4) is 0 Å². The number of guanidine groups is 1. The summed E-state index contributed by atoms with van der Waals surface area (Å²) in [4.78, 5) is 18.4. The van der Waals surface area contributed by atoms with Gasteiger partial charge in [0.1, 0.15) is 0 Å². The molecule has 0 radical (unpaired) electrons. The van der Waals surface area contributed by atoms with Crippen molar-refractivity contribution < 1.29 is 14.3 Å². The van der Waals surface area contributed by atoms with Crippen molar-refractivity contribution in [2.75, 3.05) is 33.4 Å². The summed E-state index contributed by atoms with van der Waals surface area (Å²) in [7, 11) is 1.80. The van der Waals surface area contributed by atoms with Gasteiger partial charge < -0.3 is 19.7 Å². The van der Waals surface area contributed by atoms with Gasteiger partial charge in [-0.3, -0.25) is 9.79 Å². The van der Waals surface area contributed by atoms with Crippen LogP contribution in [0.2, 0.25) is 0 Å². The summed E-state index contributed by atoms with van der Waals surface area (Å²) in [6.45, 7) is 8.04. The Morgan fingerprint density at radius 1 is 1.15 bits per heavy atom. The van der Waals surface area contributed by atoms with Crippen LogP contribution in [0.25, 0.3) is 0 Å². The van der Waals surface area contributed by atoms with E-state index in [4.69, 9.17) is 9.47 Å². The second-order valence-electron chi connectivity index (χ2n) is 6.37. The minimum Gasteiger partial charge on any atom is -0.466 e. The first kappa shape index (κ1) is 20.2. The molecule has 1 N–H and O–H groups in total. The third-order valence-electron chi connectivity index (χ3n) is 4.57. The van der Waals surface area contributed by atoms with Crippen molar-refractivity contribution >= 4 is 11.9 Å². The third kappa shape index (κ3) is 6.02. The van der Waals surface area contributed by atoms with Crippen LogP contribution in [-0.2, 0) is 27.4 Å². The highest BCUT2D eigenvalue weighted by Crippen LogP contribution is 2.18. The molecule has 0 saturated carbocycles. The van der Waals surface area contributed by atoms with E-state index in [1.165, 1.54) is 11.1 Å². The molecule has 1 aromatic carbocycles. The van der Waals surface area contributed by atoms with Gasteiger partial charge in [0.15, 0.2) is 5.96 Å². The van der Waals surface area contributed by atoms with Gasteiger partial charge in [-0.2, -0.15) is 0 Å². The summed E-state index contributed by atoms with van der Waals surface area (Å²) in [6, 6.07) is 8.42. The number of rotatable bonds is 7. The third-order valence-corrected chi connectivity index (χ3v) is 4.57. The zero-order chi connectivity index (χ0) is 18.8. The molecule has 0 spiro atoms. The van der Waals surface area contributed by atoms with E-state index >= 15 is 0 Å². The molecule has 6 heteroatoms. The quantitative estimate of drug-likeness (QED) is 0.459. The molecule has 0 aromatic heterocycles. The Kier molecular flexibility index (Phi) is 8.41. The maximum Gasteiger partial charge on any atom is 0.309 e. The van der Waals surface area contributed by atoms with Crippen LogP contribution < -0.4 is 5.32 Å². The fourth-order valence-electron chi connectivity index (χ4n) is 3.07. The Morgan fingerprint density at radius 3 is 2.38 bits per heavy atom. The zero-order valence-electron chi connectivity index (χ0n) is 16.2. The Morgan fingerprint density at radius 2 is 1.81 bits per heavy atom. The van der Waals surface area contributed by atoms with E-state index < -0.39 is 0 Å². The highest BCUT2D eigenvalue weighted by molar-refractivity contribution is 5.80. The molecule has 26 heavy (non-hydrogen) atoms. The van der Waals surface area contributed by atoms with Gasteiger partial charge in [0.25, 0.3) is 0 Å². The lowest BCUT2D eigenvalue weighted by atomic mass is 9.97. The molecule has 6 nitrogen and oxygen atoms in total. The fraction of sp³-hybridized carbons (Fsp3) is 0.600. The topological polar surface area (TPSA) is 63.2 Å². The molecule has 1 heterocycles. The first-order valence-corrected chi connectivity index (χ1v) is 9.45. The molecule has 1 aromatic rings. The van der Waals surface area contributed by atoms with E-state index in [0.717, 1.165) is 45.0 Å². The fourth-order valence-corrected chi connectivity index (χ4v) is 3.07. The van der Waals surface area contributed by atoms with Gasteiger partial charge in [-0.25, -0.2) is 0 Å². The van der Waals surface area contributed by atoms with Crippen molar-refractivity contribution in [3.05, 3.63) is 35.4 Å². The van der Waals surface area contributed by atoms with E-state index in [1.807, 2.05) is 13.8 Å².